The zero-order valence-corrected chi connectivity index (χ0v) is 18.8. The Morgan fingerprint density at radius 1 is 1.16 bits per heavy atom. The van der Waals surface area contributed by atoms with Crippen LogP contribution in [0.5, 0.6) is 5.88 Å². The lowest BCUT2D eigenvalue weighted by atomic mass is 10.1. The fourth-order valence-electron chi connectivity index (χ4n) is 2.26. The molecule has 0 aliphatic carbocycles. The Morgan fingerprint density at radius 3 is 2.42 bits per heavy atom. The number of guanidine groups is 1. The van der Waals surface area contributed by atoms with Crippen molar-refractivity contribution in [1.29, 1.82) is 0 Å². The van der Waals surface area contributed by atoms with Crippen molar-refractivity contribution in [3.63, 3.8) is 0 Å². The van der Waals surface area contributed by atoms with Crippen molar-refractivity contribution in [2.24, 2.45) is 4.99 Å². The van der Waals surface area contributed by atoms with E-state index < -0.39 is 30.0 Å². The highest BCUT2D eigenvalue weighted by atomic mass is 19.4. The first-order valence-corrected chi connectivity index (χ1v) is 9.87. The van der Waals surface area contributed by atoms with E-state index in [2.05, 4.69) is 25.9 Å². The number of amides is 1. The Bertz CT molecular complexity index is 746. The van der Waals surface area contributed by atoms with Crippen molar-refractivity contribution in [1.82, 2.24) is 20.9 Å². The maximum Gasteiger partial charge on any atom is 0.422 e. The molecule has 0 saturated carbocycles. The molecule has 0 radical (unpaired) electrons. The minimum Gasteiger partial charge on any atom is -0.468 e. The van der Waals surface area contributed by atoms with Crippen LogP contribution in [0.2, 0.25) is 0 Å². The number of carbonyl (C=O) groups excluding carboxylic acids is 1. The molecule has 0 fully saturated rings. The lowest BCUT2D eigenvalue weighted by Crippen LogP contribution is -2.54. The third-order valence-corrected chi connectivity index (χ3v) is 3.51. The van der Waals surface area contributed by atoms with Crippen molar-refractivity contribution in [2.45, 2.75) is 65.4 Å². The van der Waals surface area contributed by atoms with Crippen LogP contribution in [0.25, 0.3) is 0 Å². The summed E-state index contributed by atoms with van der Waals surface area (Å²) in [5, 5.41) is 8.93. The van der Waals surface area contributed by atoms with E-state index >= 15 is 0 Å². The maximum absolute atomic E-state index is 12.4. The molecule has 0 spiro atoms. The first kappa shape index (κ1) is 26.3. The van der Waals surface area contributed by atoms with Crippen LogP contribution < -0.4 is 20.7 Å². The Labute approximate surface area is 181 Å². The van der Waals surface area contributed by atoms with E-state index in [1.165, 1.54) is 6.20 Å². The molecule has 1 aromatic rings. The zero-order valence-electron chi connectivity index (χ0n) is 18.8. The van der Waals surface area contributed by atoms with E-state index in [0.29, 0.717) is 24.6 Å². The van der Waals surface area contributed by atoms with E-state index in [1.807, 2.05) is 20.8 Å². The van der Waals surface area contributed by atoms with Gasteiger partial charge < -0.3 is 25.4 Å². The first-order valence-electron chi connectivity index (χ1n) is 9.87. The number of carbonyl (C=O) groups is 1. The molecule has 0 aromatic carbocycles. The molecule has 1 heterocycles. The lowest BCUT2D eigenvalue weighted by Gasteiger charge is -2.29. The van der Waals surface area contributed by atoms with Crippen LogP contribution in [0.1, 0.15) is 47.1 Å². The van der Waals surface area contributed by atoms with E-state index in [4.69, 9.17) is 9.47 Å². The third-order valence-electron chi connectivity index (χ3n) is 3.51. The van der Waals surface area contributed by atoms with Crippen LogP contribution in [-0.4, -0.2) is 54.0 Å². The monoisotopic (exact) mass is 447 g/mol. The average molecular weight is 448 g/mol. The fourth-order valence-corrected chi connectivity index (χ4v) is 2.26. The van der Waals surface area contributed by atoms with Crippen molar-refractivity contribution >= 4 is 12.1 Å². The summed E-state index contributed by atoms with van der Waals surface area (Å²) in [5.41, 5.74) is -0.858. The second-order valence-electron chi connectivity index (χ2n) is 8.43. The Morgan fingerprint density at radius 2 is 1.84 bits per heavy atom. The number of nitrogens with one attached hydrogen (secondary N) is 3. The van der Waals surface area contributed by atoms with Gasteiger partial charge in [-0.2, -0.15) is 13.2 Å². The second-order valence-corrected chi connectivity index (χ2v) is 8.43. The van der Waals surface area contributed by atoms with Gasteiger partial charge in [-0.25, -0.2) is 14.8 Å². The highest BCUT2D eigenvalue weighted by Gasteiger charge is 2.29. The summed E-state index contributed by atoms with van der Waals surface area (Å²) in [6, 6.07) is 3.19. The van der Waals surface area contributed by atoms with Gasteiger partial charge in [0.1, 0.15) is 5.60 Å². The molecule has 0 unspecified atom stereocenters. The van der Waals surface area contributed by atoms with E-state index in [9.17, 15) is 18.0 Å². The molecule has 1 aromatic heterocycles. The first-order chi connectivity index (χ1) is 14.2. The van der Waals surface area contributed by atoms with Crippen molar-refractivity contribution in [2.75, 3.05) is 19.7 Å². The van der Waals surface area contributed by atoms with Gasteiger partial charge in [0.25, 0.3) is 0 Å². The number of alkyl carbamates (subject to hydrolysis) is 1. The summed E-state index contributed by atoms with van der Waals surface area (Å²) in [7, 11) is 0. The minimum atomic E-state index is -4.46. The lowest BCUT2D eigenvalue weighted by molar-refractivity contribution is -0.154. The number of nitrogens with zero attached hydrogens (tertiary/aromatic N) is 2. The number of rotatable bonds is 8. The summed E-state index contributed by atoms with van der Waals surface area (Å²) in [5.74, 6) is 0.304. The number of ether oxygens (including phenoxy) is 2. The predicted octanol–water partition coefficient (Wildman–Crippen LogP) is 3.38. The van der Waals surface area contributed by atoms with Crippen molar-refractivity contribution < 1.29 is 27.4 Å². The molecule has 0 aliphatic heterocycles. The number of pyridine rings is 1. The third kappa shape index (κ3) is 11.9. The molecule has 8 nitrogen and oxygen atoms in total. The normalized spacial score (nSPS) is 12.9. The van der Waals surface area contributed by atoms with E-state index in [-0.39, 0.29) is 12.4 Å². The Kier molecular flexibility index (Phi) is 9.39. The molecule has 0 saturated heterocycles. The summed E-state index contributed by atoms with van der Waals surface area (Å²) in [6.45, 7) is 10.4. The fraction of sp³-hybridized carbons (Fsp3) is 0.650. The Balaban J connectivity index is 2.77. The van der Waals surface area contributed by atoms with Gasteiger partial charge in [0.15, 0.2) is 12.6 Å². The number of aliphatic imine (C=N–C) groups is 1. The number of halogens is 3. The van der Waals surface area contributed by atoms with Gasteiger partial charge in [-0.15, -0.1) is 0 Å². The summed E-state index contributed by atoms with van der Waals surface area (Å²) < 4.78 is 47.4. The van der Waals surface area contributed by atoms with Gasteiger partial charge in [0, 0.05) is 24.8 Å². The summed E-state index contributed by atoms with van der Waals surface area (Å²) in [4.78, 5) is 20.3. The number of aromatic nitrogens is 1. The van der Waals surface area contributed by atoms with E-state index in [1.54, 1.807) is 32.9 Å². The maximum atomic E-state index is 12.4. The molecule has 0 atom stereocenters. The van der Waals surface area contributed by atoms with Crippen LogP contribution in [0.4, 0.5) is 18.0 Å². The molecule has 11 heteroatoms. The van der Waals surface area contributed by atoms with Gasteiger partial charge >= 0.3 is 12.3 Å². The Hall–Kier alpha value is -2.72. The van der Waals surface area contributed by atoms with Crippen LogP contribution in [0.15, 0.2) is 23.3 Å². The quantitative estimate of drug-likeness (QED) is 0.418. The van der Waals surface area contributed by atoms with Gasteiger partial charge in [-0.1, -0.05) is 6.07 Å². The second kappa shape index (κ2) is 11.1. The molecule has 1 rings (SSSR count). The highest BCUT2D eigenvalue weighted by Crippen LogP contribution is 2.20. The molecule has 0 bridgehead atoms. The predicted molar refractivity (Wildman–Crippen MR) is 112 cm³/mol. The van der Waals surface area contributed by atoms with E-state index in [0.717, 1.165) is 0 Å². The average Bonchev–Trinajstić information content (AvgIpc) is 2.60. The largest absolute Gasteiger partial charge is 0.468 e. The van der Waals surface area contributed by atoms with Gasteiger partial charge in [-0.05, 0) is 47.6 Å². The molecule has 3 N–H and O–H groups in total. The number of alkyl halides is 3. The SMILES string of the molecule is CCNC(=NCc1cccnc1OCC(F)(F)F)NCC(C)(C)NC(=O)OC(C)(C)C. The van der Waals surface area contributed by atoms with Crippen LogP contribution >= 0.6 is 0 Å². The van der Waals surface area contributed by atoms with Crippen LogP contribution in [-0.2, 0) is 11.3 Å². The minimum absolute atomic E-state index is 0.0519. The standard InChI is InChI=1S/C20H32F3N5O3/c1-7-24-16(27-12-19(5,6)28-17(29)31-18(2,3)4)26-11-14-9-8-10-25-15(14)30-13-20(21,22)23/h8-10H,7,11-13H2,1-6H3,(H,28,29)(H2,24,26,27). The van der Waals surface area contributed by atoms with Gasteiger partial charge in [-0.3, -0.25) is 0 Å². The smallest absolute Gasteiger partial charge is 0.422 e. The molecule has 1 amide bonds. The van der Waals surface area contributed by atoms with Crippen LogP contribution in [0.3, 0.4) is 0 Å². The molecule has 0 aliphatic rings. The van der Waals surface area contributed by atoms with Gasteiger partial charge in [0.05, 0.1) is 12.1 Å². The number of hydrogen-bond donors (Lipinski definition) is 3. The summed E-state index contributed by atoms with van der Waals surface area (Å²) >= 11 is 0. The molecular formula is C20H32F3N5O3. The number of hydrogen-bond acceptors (Lipinski definition) is 5. The molecule has 176 valence electrons. The van der Waals surface area contributed by atoms with Gasteiger partial charge in [0.2, 0.25) is 5.88 Å². The van der Waals surface area contributed by atoms with Crippen molar-refractivity contribution in [3.8, 4) is 5.88 Å². The van der Waals surface area contributed by atoms with Crippen molar-refractivity contribution in [3.05, 3.63) is 23.9 Å². The topological polar surface area (TPSA) is 96.9 Å². The molecular weight excluding hydrogens is 415 g/mol. The van der Waals surface area contributed by atoms with Crippen LogP contribution in [0, 0.1) is 0 Å². The molecule has 31 heavy (non-hydrogen) atoms. The zero-order chi connectivity index (χ0) is 23.7. The summed E-state index contributed by atoms with van der Waals surface area (Å²) in [6.07, 6.45) is -3.64. The highest BCUT2D eigenvalue weighted by molar-refractivity contribution is 5.80.